The molecule has 4 aliphatic heterocycles. The summed E-state index contributed by atoms with van der Waals surface area (Å²) in [4.78, 5) is 36.6. The number of sulfonamides is 2. The minimum atomic E-state index is -3.35. The van der Waals surface area contributed by atoms with Crippen LogP contribution >= 0.6 is 0 Å². The van der Waals surface area contributed by atoms with Gasteiger partial charge >= 0.3 is 0 Å². The molecule has 368 valence electrons. The lowest BCUT2D eigenvalue weighted by Crippen LogP contribution is -2.31. The largest absolute Gasteiger partial charge is 0.361 e. The van der Waals surface area contributed by atoms with Gasteiger partial charge in [0.25, 0.3) is 0 Å². The number of fused-ring (bicyclic) bond motifs is 2. The van der Waals surface area contributed by atoms with E-state index >= 15 is 0 Å². The molecule has 0 radical (unpaired) electrons. The molecule has 4 saturated heterocycles. The molecule has 70 heavy (non-hydrogen) atoms. The van der Waals surface area contributed by atoms with Crippen molar-refractivity contribution in [3.63, 3.8) is 0 Å². The summed E-state index contributed by atoms with van der Waals surface area (Å²) in [6, 6.07) is 16.1. The van der Waals surface area contributed by atoms with Crippen molar-refractivity contribution in [2.45, 2.75) is 97.3 Å². The van der Waals surface area contributed by atoms with Crippen LogP contribution in [0.5, 0.6) is 0 Å². The number of amides is 2. The van der Waals surface area contributed by atoms with Crippen molar-refractivity contribution in [3.8, 4) is 22.3 Å². The Morgan fingerprint density at radius 2 is 1.19 bits per heavy atom. The monoisotopic (exact) mass is 994 g/mol. The first-order valence-corrected chi connectivity index (χ1v) is 27.1. The Morgan fingerprint density at radius 1 is 0.657 bits per heavy atom. The third-order valence-corrected chi connectivity index (χ3v) is 16.8. The number of imidazole rings is 2. The number of rotatable bonds is 9. The standard InChI is InChI=1S/C28H30FN5O4S.C21H25N5O4S/c1-16-5-7-20(14-22(16)29)33-25(9-10-26(33)35)28-30-23-13-19(27-17(2)31-38-18(27)3)6-8-24(23)34(28)21-11-12-32(15-21)39(4,36)37;1-12-20(13(2)30-24-12)14-4-6-18-17(10-14)23-21(16-5-7-19(27)22-16)26(18)15-8-9-25(11-15)31(3,28)29/h5-8,13-14,21,25H,9-12,15H2,1-4H3;4,6,10,15-16H,5,7-9,11H2,1-3H3,(H,22,27)/t21-,25+;15-,16+/m11/s1. The maximum atomic E-state index is 14.5. The summed E-state index contributed by atoms with van der Waals surface area (Å²) in [6.07, 6.45) is 5.79. The lowest BCUT2D eigenvalue weighted by molar-refractivity contribution is -0.119. The Morgan fingerprint density at radius 3 is 1.64 bits per heavy atom. The fraction of sp³-hybridized carbons (Fsp3) is 0.429. The van der Waals surface area contributed by atoms with E-state index < -0.39 is 26.1 Å². The molecule has 0 bridgehead atoms. The summed E-state index contributed by atoms with van der Waals surface area (Å²) >= 11 is 0. The topological polar surface area (TPSA) is 212 Å². The molecule has 0 unspecified atom stereocenters. The van der Waals surface area contributed by atoms with Crippen LogP contribution in [0.25, 0.3) is 44.3 Å². The fourth-order valence-electron chi connectivity index (χ4n) is 10.8. The summed E-state index contributed by atoms with van der Waals surface area (Å²) in [5, 5.41) is 11.1. The smallest absolute Gasteiger partial charge is 0.227 e. The van der Waals surface area contributed by atoms with E-state index in [1.807, 2.05) is 64.1 Å². The van der Waals surface area contributed by atoms with Gasteiger partial charge in [-0.2, -0.15) is 0 Å². The number of aryl methyl sites for hydroxylation is 5. The molecule has 2 amide bonds. The van der Waals surface area contributed by atoms with E-state index in [1.165, 1.54) is 27.2 Å². The summed E-state index contributed by atoms with van der Waals surface area (Å²) in [6.45, 7) is 10.9. The molecule has 1 N–H and O–H groups in total. The van der Waals surface area contributed by atoms with E-state index in [2.05, 4.69) is 24.8 Å². The van der Waals surface area contributed by atoms with Gasteiger partial charge in [0.1, 0.15) is 29.0 Å². The SMILES string of the molecule is Cc1ccc(N2C(=O)CC[C@H]2c2nc3cc(-c4c(C)noc4C)ccc3n2[C@@H]2CCN(S(C)(=O)=O)C2)cc1F.Cc1noc(C)c1-c1ccc2c(c1)nc([C@@H]1CCC(=O)N1)n2[C@@H]1CCN(S(C)(=O)=O)C1. The number of hydrogen-bond acceptors (Lipinski definition) is 12. The summed E-state index contributed by atoms with van der Waals surface area (Å²) in [5.74, 6) is 2.47. The van der Waals surface area contributed by atoms with Gasteiger partial charge in [-0.1, -0.05) is 28.5 Å². The van der Waals surface area contributed by atoms with Crippen molar-refractivity contribution in [1.29, 1.82) is 0 Å². The van der Waals surface area contributed by atoms with Crippen molar-refractivity contribution in [2.75, 3.05) is 43.6 Å². The second kappa shape index (κ2) is 17.8. The first-order chi connectivity index (χ1) is 33.2. The van der Waals surface area contributed by atoms with Gasteiger partial charge in [0.05, 0.1) is 70.1 Å². The molecule has 0 spiro atoms. The molecule has 4 atom stereocenters. The number of halogens is 1. The van der Waals surface area contributed by atoms with Crippen LogP contribution < -0.4 is 10.2 Å². The van der Waals surface area contributed by atoms with Crippen LogP contribution in [0.1, 0.15) is 103 Å². The van der Waals surface area contributed by atoms with Crippen LogP contribution in [0, 0.1) is 40.4 Å². The summed E-state index contributed by atoms with van der Waals surface area (Å²) in [7, 11) is -6.61. The maximum absolute atomic E-state index is 14.5. The Balaban J connectivity index is 0.000000166. The second-order valence-corrected chi connectivity index (χ2v) is 23.0. The van der Waals surface area contributed by atoms with Crippen molar-refractivity contribution >= 4 is 59.6 Å². The van der Waals surface area contributed by atoms with E-state index in [0.717, 1.165) is 67.3 Å². The molecular formula is C49H55FN10O8S2. The van der Waals surface area contributed by atoms with Crippen molar-refractivity contribution < 1.29 is 39.9 Å². The zero-order chi connectivity index (χ0) is 49.6. The van der Waals surface area contributed by atoms with Crippen LogP contribution in [0.3, 0.4) is 0 Å². The number of anilines is 1. The Bertz CT molecular complexity index is 3430. The number of hydrogen-bond donors (Lipinski definition) is 1. The summed E-state index contributed by atoms with van der Waals surface area (Å²) < 4.78 is 81.3. The van der Waals surface area contributed by atoms with Gasteiger partial charge in [-0.25, -0.2) is 39.8 Å². The third-order valence-electron chi connectivity index (χ3n) is 14.2. The van der Waals surface area contributed by atoms with Gasteiger partial charge in [-0.3, -0.25) is 9.59 Å². The second-order valence-electron chi connectivity index (χ2n) is 19.0. The fourth-order valence-corrected chi connectivity index (χ4v) is 12.6. The van der Waals surface area contributed by atoms with Gasteiger partial charge in [-0.05, 0) is 113 Å². The molecule has 4 aromatic heterocycles. The molecule has 3 aromatic carbocycles. The van der Waals surface area contributed by atoms with Crippen LogP contribution in [-0.4, -0.2) is 105 Å². The molecule has 7 aromatic rings. The number of benzene rings is 3. The normalized spacial score (nSPS) is 21.4. The quantitative estimate of drug-likeness (QED) is 0.151. The van der Waals surface area contributed by atoms with Gasteiger partial charge in [0.15, 0.2) is 0 Å². The van der Waals surface area contributed by atoms with E-state index in [1.54, 1.807) is 24.0 Å². The van der Waals surface area contributed by atoms with E-state index in [4.69, 9.17) is 19.0 Å². The highest BCUT2D eigenvalue weighted by Gasteiger charge is 2.40. The number of aromatic nitrogens is 6. The minimum Gasteiger partial charge on any atom is -0.361 e. The molecule has 0 saturated carbocycles. The molecule has 4 fully saturated rings. The Kier molecular flexibility index (Phi) is 12.1. The number of nitrogens with one attached hydrogen (secondary N) is 1. The molecule has 18 nitrogen and oxygen atoms in total. The molecular weight excluding hydrogens is 940 g/mol. The highest BCUT2D eigenvalue weighted by molar-refractivity contribution is 7.88. The Hall–Kier alpha value is -6.29. The number of nitrogens with zero attached hydrogens (tertiary/aromatic N) is 9. The van der Waals surface area contributed by atoms with Crippen molar-refractivity contribution in [2.24, 2.45) is 0 Å². The highest BCUT2D eigenvalue weighted by Crippen LogP contribution is 2.42. The van der Waals surface area contributed by atoms with Gasteiger partial charge in [-0.15, -0.1) is 0 Å². The van der Waals surface area contributed by atoms with Crippen molar-refractivity contribution in [3.05, 3.63) is 101 Å². The van der Waals surface area contributed by atoms with Gasteiger partial charge in [0, 0.05) is 55.8 Å². The van der Waals surface area contributed by atoms with E-state index in [9.17, 15) is 30.8 Å². The maximum Gasteiger partial charge on any atom is 0.227 e. The molecule has 0 aliphatic carbocycles. The number of carbonyl (C=O) groups is 2. The van der Waals surface area contributed by atoms with Crippen LogP contribution in [0.2, 0.25) is 0 Å². The lowest BCUT2D eigenvalue weighted by atomic mass is 10.0. The Labute approximate surface area is 404 Å². The van der Waals surface area contributed by atoms with Crippen LogP contribution in [0.4, 0.5) is 10.1 Å². The van der Waals surface area contributed by atoms with Gasteiger partial charge < -0.3 is 28.4 Å². The minimum absolute atomic E-state index is 0.0178. The zero-order valence-electron chi connectivity index (χ0n) is 40.1. The van der Waals surface area contributed by atoms with Crippen molar-refractivity contribution in [1.82, 2.24) is 43.3 Å². The van der Waals surface area contributed by atoms with Crippen LogP contribution in [-0.2, 0) is 29.6 Å². The van der Waals surface area contributed by atoms with E-state index in [-0.39, 0.29) is 35.8 Å². The van der Waals surface area contributed by atoms with E-state index in [0.29, 0.717) is 87.5 Å². The molecule has 11 rings (SSSR count). The highest BCUT2D eigenvalue weighted by atomic mass is 32.2. The molecule has 21 heteroatoms. The zero-order valence-corrected chi connectivity index (χ0v) is 41.7. The lowest BCUT2D eigenvalue weighted by Gasteiger charge is -2.27. The predicted molar refractivity (Wildman–Crippen MR) is 260 cm³/mol. The average molecular weight is 995 g/mol. The van der Waals surface area contributed by atoms with Crippen LogP contribution in [0.15, 0.2) is 63.6 Å². The first kappa shape index (κ1) is 47.4. The van der Waals surface area contributed by atoms with Gasteiger partial charge in [0.2, 0.25) is 31.9 Å². The molecule has 4 aliphatic rings. The summed E-state index contributed by atoms with van der Waals surface area (Å²) in [5.41, 5.74) is 9.68. The first-order valence-electron chi connectivity index (χ1n) is 23.4. The number of carbonyl (C=O) groups excluding carboxylic acids is 2. The molecule has 8 heterocycles. The third kappa shape index (κ3) is 8.59. The average Bonchev–Trinajstić information content (AvgIpc) is 4.17. The predicted octanol–water partition coefficient (Wildman–Crippen LogP) is 7.30.